The van der Waals surface area contributed by atoms with Gasteiger partial charge < -0.3 is 5.73 Å². The lowest BCUT2D eigenvalue weighted by molar-refractivity contribution is 0.677. The molecule has 2 heterocycles. The standard InChI is InChI=1S/C13H17BrN4S/c1-8(15)7-10-9(2)17-18(3)13(10)19-12-11(14)5-4-6-16-12/h4-6,8H,7,15H2,1-3H3. The summed E-state index contributed by atoms with van der Waals surface area (Å²) in [6.07, 6.45) is 2.62. The first-order chi connectivity index (χ1) is 8.99. The molecular weight excluding hydrogens is 324 g/mol. The second-order valence-electron chi connectivity index (χ2n) is 4.57. The third kappa shape index (κ3) is 3.38. The van der Waals surface area contributed by atoms with Crippen LogP contribution in [0.2, 0.25) is 0 Å². The maximum atomic E-state index is 5.92. The number of nitrogens with zero attached hydrogens (tertiary/aromatic N) is 3. The number of hydrogen-bond donors (Lipinski definition) is 1. The van der Waals surface area contributed by atoms with Crippen LogP contribution >= 0.6 is 27.7 Å². The number of aromatic nitrogens is 3. The van der Waals surface area contributed by atoms with Gasteiger partial charge in [0.2, 0.25) is 0 Å². The van der Waals surface area contributed by atoms with E-state index in [0.717, 1.165) is 26.6 Å². The van der Waals surface area contributed by atoms with Gasteiger partial charge in [-0.3, -0.25) is 4.68 Å². The quantitative estimate of drug-likeness (QED) is 0.929. The molecule has 0 saturated carbocycles. The highest BCUT2D eigenvalue weighted by atomic mass is 79.9. The Labute approximate surface area is 125 Å². The number of aryl methyl sites for hydroxylation is 2. The summed E-state index contributed by atoms with van der Waals surface area (Å²) in [5, 5.41) is 6.53. The van der Waals surface area contributed by atoms with E-state index in [-0.39, 0.29) is 6.04 Å². The Balaban J connectivity index is 2.37. The van der Waals surface area contributed by atoms with Crippen molar-refractivity contribution in [2.45, 2.75) is 36.4 Å². The molecule has 1 atom stereocenters. The Kier molecular flexibility index (Phi) is 4.65. The second-order valence-corrected chi connectivity index (χ2v) is 6.40. The van der Waals surface area contributed by atoms with Crippen LogP contribution in [0.5, 0.6) is 0 Å². The summed E-state index contributed by atoms with van der Waals surface area (Å²) in [4.78, 5) is 4.39. The smallest absolute Gasteiger partial charge is 0.116 e. The summed E-state index contributed by atoms with van der Waals surface area (Å²) in [5.41, 5.74) is 8.17. The molecule has 2 rings (SSSR count). The van der Waals surface area contributed by atoms with Crippen LogP contribution < -0.4 is 5.73 Å². The van der Waals surface area contributed by atoms with Crippen LogP contribution in [0.3, 0.4) is 0 Å². The highest BCUT2D eigenvalue weighted by molar-refractivity contribution is 9.10. The molecular formula is C13H17BrN4S. The molecule has 2 aromatic rings. The molecule has 1 unspecified atom stereocenters. The van der Waals surface area contributed by atoms with Crippen molar-refractivity contribution in [3.05, 3.63) is 34.1 Å². The highest BCUT2D eigenvalue weighted by Crippen LogP contribution is 2.34. The van der Waals surface area contributed by atoms with Gasteiger partial charge in [-0.15, -0.1) is 0 Å². The van der Waals surface area contributed by atoms with Gasteiger partial charge in [0, 0.05) is 24.8 Å². The molecule has 0 bridgehead atoms. The van der Waals surface area contributed by atoms with E-state index >= 15 is 0 Å². The van der Waals surface area contributed by atoms with Crippen molar-refractivity contribution in [2.75, 3.05) is 0 Å². The van der Waals surface area contributed by atoms with Gasteiger partial charge in [0.1, 0.15) is 10.1 Å². The van der Waals surface area contributed by atoms with Gasteiger partial charge in [0.25, 0.3) is 0 Å². The predicted octanol–water partition coefficient (Wildman–Crippen LogP) is 2.93. The molecule has 102 valence electrons. The molecule has 0 radical (unpaired) electrons. The molecule has 6 heteroatoms. The average Bonchev–Trinajstić information content (AvgIpc) is 2.58. The van der Waals surface area contributed by atoms with Crippen molar-refractivity contribution < 1.29 is 0 Å². The lowest BCUT2D eigenvalue weighted by Gasteiger charge is -2.09. The number of halogens is 1. The van der Waals surface area contributed by atoms with Crippen molar-refractivity contribution in [1.82, 2.24) is 14.8 Å². The van der Waals surface area contributed by atoms with E-state index in [2.05, 4.69) is 26.0 Å². The maximum absolute atomic E-state index is 5.92. The molecule has 2 N–H and O–H groups in total. The SMILES string of the molecule is Cc1nn(C)c(Sc2ncccc2Br)c1CC(C)N. The van der Waals surface area contributed by atoms with E-state index in [1.54, 1.807) is 18.0 Å². The Morgan fingerprint density at radius 2 is 2.26 bits per heavy atom. The van der Waals surface area contributed by atoms with Gasteiger partial charge in [-0.1, -0.05) is 0 Å². The van der Waals surface area contributed by atoms with Gasteiger partial charge in [-0.2, -0.15) is 5.10 Å². The summed E-state index contributed by atoms with van der Waals surface area (Å²) < 4.78 is 2.89. The summed E-state index contributed by atoms with van der Waals surface area (Å²) in [7, 11) is 1.96. The molecule has 19 heavy (non-hydrogen) atoms. The van der Waals surface area contributed by atoms with E-state index in [9.17, 15) is 0 Å². The number of rotatable bonds is 4. The van der Waals surface area contributed by atoms with Crippen molar-refractivity contribution in [3.8, 4) is 0 Å². The molecule has 0 saturated heterocycles. The minimum absolute atomic E-state index is 0.120. The van der Waals surface area contributed by atoms with Gasteiger partial charge in [-0.05, 0) is 60.1 Å². The van der Waals surface area contributed by atoms with E-state index in [0.29, 0.717) is 0 Å². The third-order valence-corrected chi connectivity index (χ3v) is 4.86. The topological polar surface area (TPSA) is 56.7 Å². The summed E-state index contributed by atoms with van der Waals surface area (Å²) in [5.74, 6) is 0. The highest BCUT2D eigenvalue weighted by Gasteiger charge is 2.17. The zero-order valence-electron chi connectivity index (χ0n) is 11.2. The lowest BCUT2D eigenvalue weighted by Crippen LogP contribution is -2.18. The van der Waals surface area contributed by atoms with Crippen LogP contribution in [0.1, 0.15) is 18.2 Å². The van der Waals surface area contributed by atoms with Crippen LogP contribution in [0.4, 0.5) is 0 Å². The molecule has 0 aliphatic carbocycles. The molecule has 2 aromatic heterocycles. The first-order valence-corrected chi connectivity index (χ1v) is 7.66. The fourth-order valence-corrected chi connectivity index (χ4v) is 3.39. The Bertz CT molecular complexity index is 580. The molecule has 0 aliphatic rings. The monoisotopic (exact) mass is 340 g/mol. The van der Waals surface area contributed by atoms with Crippen molar-refractivity contribution in [3.63, 3.8) is 0 Å². The van der Waals surface area contributed by atoms with Crippen LogP contribution in [0.15, 0.2) is 32.9 Å². The summed E-state index contributed by atoms with van der Waals surface area (Å²) >= 11 is 5.14. The van der Waals surface area contributed by atoms with Crippen molar-refractivity contribution in [1.29, 1.82) is 0 Å². The fraction of sp³-hybridized carbons (Fsp3) is 0.385. The first-order valence-electron chi connectivity index (χ1n) is 6.05. The van der Waals surface area contributed by atoms with Crippen LogP contribution in [-0.4, -0.2) is 20.8 Å². The van der Waals surface area contributed by atoms with E-state index < -0.39 is 0 Å². The molecule has 0 fully saturated rings. The zero-order valence-corrected chi connectivity index (χ0v) is 13.6. The van der Waals surface area contributed by atoms with Crippen LogP contribution in [0.25, 0.3) is 0 Å². The van der Waals surface area contributed by atoms with E-state index in [1.807, 2.05) is 37.7 Å². The molecule has 0 aromatic carbocycles. The van der Waals surface area contributed by atoms with E-state index in [4.69, 9.17) is 5.73 Å². The largest absolute Gasteiger partial charge is 0.328 e. The van der Waals surface area contributed by atoms with Gasteiger partial charge in [-0.25, -0.2) is 4.98 Å². The summed E-state index contributed by atoms with van der Waals surface area (Å²) in [6.45, 7) is 4.03. The zero-order chi connectivity index (χ0) is 14.0. The number of pyridine rings is 1. The maximum Gasteiger partial charge on any atom is 0.116 e. The van der Waals surface area contributed by atoms with E-state index in [1.165, 1.54) is 5.56 Å². The van der Waals surface area contributed by atoms with Crippen molar-refractivity contribution >= 4 is 27.7 Å². The van der Waals surface area contributed by atoms with Crippen LogP contribution in [-0.2, 0) is 13.5 Å². The average molecular weight is 341 g/mol. The Hall–Kier alpha value is -0.850. The summed E-state index contributed by atoms with van der Waals surface area (Å²) in [6, 6.07) is 4.02. The second kappa shape index (κ2) is 6.07. The predicted molar refractivity (Wildman–Crippen MR) is 81.4 cm³/mol. The van der Waals surface area contributed by atoms with Crippen LogP contribution in [0, 0.1) is 6.92 Å². The molecule has 0 amide bonds. The molecule has 0 spiro atoms. The third-order valence-electron chi connectivity index (χ3n) is 2.73. The number of nitrogens with two attached hydrogens (primary N) is 1. The Morgan fingerprint density at radius 1 is 1.53 bits per heavy atom. The lowest BCUT2D eigenvalue weighted by atomic mass is 10.1. The van der Waals surface area contributed by atoms with Gasteiger partial charge in [0.15, 0.2) is 0 Å². The molecule has 0 aliphatic heterocycles. The van der Waals surface area contributed by atoms with Gasteiger partial charge >= 0.3 is 0 Å². The van der Waals surface area contributed by atoms with Gasteiger partial charge in [0.05, 0.1) is 10.2 Å². The minimum Gasteiger partial charge on any atom is -0.328 e. The van der Waals surface area contributed by atoms with Crippen molar-refractivity contribution in [2.24, 2.45) is 12.8 Å². The fourth-order valence-electron chi connectivity index (χ4n) is 1.90. The first kappa shape index (κ1) is 14.6. The number of hydrogen-bond acceptors (Lipinski definition) is 4. The molecule has 4 nitrogen and oxygen atoms in total. The normalized spacial score (nSPS) is 12.7. The minimum atomic E-state index is 0.120. The Morgan fingerprint density at radius 3 is 2.89 bits per heavy atom.